The molecule has 4 nitrogen and oxygen atoms in total. The first-order valence-corrected chi connectivity index (χ1v) is 6.78. The fourth-order valence-corrected chi connectivity index (χ4v) is 2.31. The summed E-state index contributed by atoms with van der Waals surface area (Å²) in [4.78, 5) is 11.9. The molecule has 0 amide bonds. The normalized spacial score (nSPS) is 12.0. The Bertz CT molecular complexity index is 431. The van der Waals surface area contributed by atoms with Crippen LogP contribution in [-0.4, -0.2) is 31.6 Å². The molecule has 0 bridgehead atoms. The Morgan fingerprint density at radius 1 is 1.33 bits per heavy atom. The van der Waals surface area contributed by atoms with Gasteiger partial charge in [0, 0.05) is 0 Å². The van der Waals surface area contributed by atoms with Gasteiger partial charge in [0.05, 0.1) is 25.0 Å². The largest absolute Gasteiger partial charge is 0.493 e. The van der Waals surface area contributed by atoms with Crippen LogP contribution in [0.1, 0.15) is 12.5 Å². The third-order valence-electron chi connectivity index (χ3n) is 2.73. The van der Waals surface area contributed by atoms with Crippen LogP contribution in [0, 0.1) is 5.92 Å². The molecule has 0 spiro atoms. The molecule has 5 heteroatoms. The number of carboxylic acid groups (broad SMARTS) is 1. The van der Waals surface area contributed by atoms with E-state index >= 15 is 0 Å². The average Bonchev–Trinajstić information content (AvgIpc) is 2.37. The smallest absolute Gasteiger partial charge is 0.306 e. The van der Waals surface area contributed by atoms with Gasteiger partial charge in [0.15, 0.2) is 11.5 Å². The van der Waals surface area contributed by atoms with Gasteiger partial charge in [0.25, 0.3) is 0 Å². The van der Waals surface area contributed by atoms with Crippen molar-refractivity contribution in [1.82, 2.24) is 0 Å². The standard InChI is InChI=1S/C13H18O4S/c1-8(13(14)15)7-9-5-6-10(18-4)12(17-3)11(9)16-2/h5-6,8H,7H2,1-4H3,(H,14,15). The zero-order valence-corrected chi connectivity index (χ0v) is 11.8. The van der Waals surface area contributed by atoms with E-state index in [9.17, 15) is 4.79 Å². The third-order valence-corrected chi connectivity index (χ3v) is 3.49. The second-order valence-electron chi connectivity index (χ2n) is 3.94. The van der Waals surface area contributed by atoms with Crippen molar-refractivity contribution in [3.05, 3.63) is 17.7 Å². The summed E-state index contributed by atoms with van der Waals surface area (Å²) in [6.07, 6.45) is 2.38. The van der Waals surface area contributed by atoms with Crippen molar-refractivity contribution in [2.75, 3.05) is 20.5 Å². The van der Waals surface area contributed by atoms with E-state index in [4.69, 9.17) is 14.6 Å². The number of benzene rings is 1. The Balaban J connectivity index is 3.16. The summed E-state index contributed by atoms with van der Waals surface area (Å²) < 4.78 is 10.7. The number of hydrogen-bond acceptors (Lipinski definition) is 4. The Labute approximate surface area is 111 Å². The molecule has 1 rings (SSSR count). The second-order valence-corrected chi connectivity index (χ2v) is 4.78. The number of methoxy groups -OCH3 is 2. The van der Waals surface area contributed by atoms with Gasteiger partial charge in [0.2, 0.25) is 0 Å². The molecule has 0 aliphatic heterocycles. The van der Waals surface area contributed by atoms with E-state index in [2.05, 4.69) is 0 Å². The lowest BCUT2D eigenvalue weighted by Gasteiger charge is -2.16. The summed E-state index contributed by atoms with van der Waals surface area (Å²) in [6.45, 7) is 1.68. The van der Waals surface area contributed by atoms with Crippen molar-refractivity contribution in [3.8, 4) is 11.5 Å². The van der Waals surface area contributed by atoms with E-state index in [0.717, 1.165) is 10.5 Å². The lowest BCUT2D eigenvalue weighted by molar-refractivity contribution is -0.141. The summed E-state index contributed by atoms with van der Waals surface area (Å²) in [5.41, 5.74) is 0.849. The number of carboxylic acids is 1. The zero-order valence-electron chi connectivity index (χ0n) is 11.0. The van der Waals surface area contributed by atoms with Crippen molar-refractivity contribution in [2.45, 2.75) is 18.2 Å². The number of ether oxygens (including phenoxy) is 2. The first-order chi connectivity index (χ1) is 8.54. The van der Waals surface area contributed by atoms with Gasteiger partial charge in [-0.05, 0) is 24.3 Å². The van der Waals surface area contributed by atoms with Crippen molar-refractivity contribution < 1.29 is 19.4 Å². The Hall–Kier alpha value is -1.36. The quantitative estimate of drug-likeness (QED) is 0.805. The summed E-state index contributed by atoms with van der Waals surface area (Å²) >= 11 is 1.56. The van der Waals surface area contributed by atoms with Crippen LogP contribution in [0.5, 0.6) is 11.5 Å². The molecule has 0 heterocycles. The zero-order chi connectivity index (χ0) is 13.7. The molecule has 0 saturated heterocycles. The van der Waals surface area contributed by atoms with Gasteiger partial charge in [-0.15, -0.1) is 11.8 Å². The van der Waals surface area contributed by atoms with Crippen LogP contribution in [0.2, 0.25) is 0 Å². The summed E-state index contributed by atoms with van der Waals surface area (Å²) in [5.74, 6) is 0.0197. The van der Waals surface area contributed by atoms with Crippen LogP contribution >= 0.6 is 11.8 Å². The van der Waals surface area contributed by atoms with Crippen molar-refractivity contribution in [3.63, 3.8) is 0 Å². The molecule has 0 saturated carbocycles. The molecular formula is C13H18O4S. The second kappa shape index (κ2) is 6.54. The minimum absolute atomic E-state index is 0.420. The predicted molar refractivity (Wildman–Crippen MR) is 71.8 cm³/mol. The lowest BCUT2D eigenvalue weighted by Crippen LogP contribution is -2.13. The first-order valence-electron chi connectivity index (χ1n) is 5.55. The first kappa shape index (κ1) is 14.7. The van der Waals surface area contributed by atoms with Gasteiger partial charge in [-0.3, -0.25) is 4.79 Å². The number of aliphatic carboxylic acids is 1. The highest BCUT2D eigenvalue weighted by Gasteiger charge is 2.19. The monoisotopic (exact) mass is 270 g/mol. The number of thioether (sulfide) groups is 1. The molecule has 0 aliphatic rings. The highest BCUT2D eigenvalue weighted by molar-refractivity contribution is 7.98. The Morgan fingerprint density at radius 3 is 2.39 bits per heavy atom. The third kappa shape index (κ3) is 3.10. The van der Waals surface area contributed by atoms with Crippen LogP contribution in [-0.2, 0) is 11.2 Å². The van der Waals surface area contributed by atoms with E-state index in [1.165, 1.54) is 0 Å². The molecule has 1 atom stereocenters. The van der Waals surface area contributed by atoms with E-state index in [0.29, 0.717) is 17.9 Å². The fourth-order valence-electron chi connectivity index (χ4n) is 1.74. The maximum atomic E-state index is 10.9. The molecule has 18 heavy (non-hydrogen) atoms. The van der Waals surface area contributed by atoms with Crippen molar-refractivity contribution in [2.24, 2.45) is 5.92 Å². The molecule has 1 N–H and O–H groups in total. The predicted octanol–water partition coefficient (Wildman–Crippen LogP) is 2.69. The SMILES string of the molecule is COc1c(CC(C)C(=O)O)ccc(SC)c1OC. The molecule has 0 radical (unpaired) electrons. The Kier molecular flexibility index (Phi) is 5.34. The van der Waals surface area contributed by atoms with Crippen LogP contribution in [0.3, 0.4) is 0 Å². The summed E-state index contributed by atoms with van der Waals surface area (Å²) in [5, 5.41) is 8.96. The van der Waals surface area contributed by atoms with Gasteiger partial charge >= 0.3 is 5.97 Å². The summed E-state index contributed by atoms with van der Waals surface area (Å²) in [6, 6.07) is 3.82. The van der Waals surface area contributed by atoms with Gasteiger partial charge in [0.1, 0.15) is 0 Å². The fraction of sp³-hybridized carbons (Fsp3) is 0.462. The molecule has 1 unspecified atom stereocenters. The maximum absolute atomic E-state index is 10.9. The molecular weight excluding hydrogens is 252 g/mol. The van der Waals surface area contributed by atoms with E-state index in [-0.39, 0.29) is 0 Å². The number of hydrogen-bond donors (Lipinski definition) is 1. The van der Waals surface area contributed by atoms with Crippen LogP contribution in [0.25, 0.3) is 0 Å². The van der Waals surface area contributed by atoms with Gasteiger partial charge in [-0.1, -0.05) is 13.0 Å². The molecule has 1 aromatic carbocycles. The van der Waals surface area contributed by atoms with Gasteiger partial charge in [-0.2, -0.15) is 0 Å². The number of rotatable bonds is 6. The van der Waals surface area contributed by atoms with E-state index < -0.39 is 11.9 Å². The molecule has 0 aromatic heterocycles. The molecule has 1 aromatic rings. The Morgan fingerprint density at radius 2 is 1.94 bits per heavy atom. The van der Waals surface area contributed by atoms with Crippen LogP contribution in [0.4, 0.5) is 0 Å². The highest BCUT2D eigenvalue weighted by atomic mass is 32.2. The molecule has 0 fully saturated rings. The van der Waals surface area contributed by atoms with Crippen LogP contribution in [0.15, 0.2) is 17.0 Å². The minimum Gasteiger partial charge on any atom is -0.493 e. The lowest BCUT2D eigenvalue weighted by atomic mass is 10.00. The van der Waals surface area contributed by atoms with Crippen LogP contribution < -0.4 is 9.47 Å². The highest BCUT2D eigenvalue weighted by Crippen LogP contribution is 2.40. The van der Waals surface area contributed by atoms with Gasteiger partial charge in [-0.25, -0.2) is 0 Å². The minimum atomic E-state index is -0.815. The van der Waals surface area contributed by atoms with Crippen molar-refractivity contribution in [1.29, 1.82) is 0 Å². The van der Waals surface area contributed by atoms with Crippen molar-refractivity contribution >= 4 is 17.7 Å². The van der Waals surface area contributed by atoms with E-state index in [1.807, 2.05) is 18.4 Å². The summed E-state index contributed by atoms with van der Waals surface area (Å²) in [7, 11) is 3.15. The number of carbonyl (C=O) groups is 1. The van der Waals surface area contributed by atoms with Gasteiger partial charge < -0.3 is 14.6 Å². The molecule has 0 aliphatic carbocycles. The topological polar surface area (TPSA) is 55.8 Å². The molecule has 100 valence electrons. The maximum Gasteiger partial charge on any atom is 0.306 e. The average molecular weight is 270 g/mol. The van der Waals surface area contributed by atoms with E-state index in [1.54, 1.807) is 32.9 Å².